The first-order chi connectivity index (χ1) is 14.9. The molecule has 2 aromatic rings. The van der Waals surface area contributed by atoms with E-state index in [9.17, 15) is 19.1 Å². The Labute approximate surface area is 180 Å². The third kappa shape index (κ3) is 4.43. The zero-order valence-electron chi connectivity index (χ0n) is 17.4. The third-order valence-electron chi connectivity index (χ3n) is 6.14. The molecular formula is C25H25FN2O3. The van der Waals surface area contributed by atoms with Gasteiger partial charge in [-0.1, -0.05) is 36.4 Å². The van der Waals surface area contributed by atoms with Gasteiger partial charge in [0.2, 0.25) is 5.91 Å². The van der Waals surface area contributed by atoms with Crippen LogP contribution in [0, 0.1) is 5.82 Å². The summed E-state index contributed by atoms with van der Waals surface area (Å²) in [7, 11) is 0. The van der Waals surface area contributed by atoms with Crippen molar-refractivity contribution in [3.63, 3.8) is 0 Å². The van der Waals surface area contributed by atoms with Crippen molar-refractivity contribution < 1.29 is 19.1 Å². The number of benzene rings is 2. The molecule has 0 bridgehead atoms. The first kappa shape index (κ1) is 21.0. The lowest BCUT2D eigenvalue weighted by Crippen LogP contribution is -2.40. The van der Waals surface area contributed by atoms with Crippen LogP contribution in [0.15, 0.2) is 64.9 Å². The van der Waals surface area contributed by atoms with Crippen LogP contribution in [-0.2, 0) is 16.0 Å². The Kier molecular flexibility index (Phi) is 5.98. The maximum atomic E-state index is 13.2. The van der Waals surface area contributed by atoms with Gasteiger partial charge in [-0.15, -0.1) is 0 Å². The van der Waals surface area contributed by atoms with Crippen LogP contribution in [0.25, 0.3) is 0 Å². The number of rotatable bonds is 4. The molecule has 6 heteroatoms. The summed E-state index contributed by atoms with van der Waals surface area (Å²) >= 11 is 0. The second-order valence-corrected chi connectivity index (χ2v) is 8.11. The molecule has 0 spiro atoms. The Hall–Kier alpha value is -3.28. The highest BCUT2D eigenvalue weighted by molar-refractivity contribution is 6.14. The number of hydrogen-bond acceptors (Lipinski definition) is 4. The number of amides is 1. The summed E-state index contributed by atoms with van der Waals surface area (Å²) in [6, 6.07) is 13.9. The highest BCUT2D eigenvalue weighted by Gasteiger charge is 2.30. The van der Waals surface area contributed by atoms with E-state index in [1.165, 1.54) is 23.9 Å². The minimum Gasteiger partial charge on any atom is -0.511 e. The molecule has 1 aliphatic heterocycles. The van der Waals surface area contributed by atoms with E-state index in [0.29, 0.717) is 19.5 Å². The van der Waals surface area contributed by atoms with Gasteiger partial charge in [-0.05, 0) is 41.2 Å². The van der Waals surface area contributed by atoms with E-state index < -0.39 is 0 Å². The highest BCUT2D eigenvalue weighted by atomic mass is 19.1. The first-order valence-corrected chi connectivity index (χ1v) is 10.5. The van der Waals surface area contributed by atoms with E-state index in [0.717, 1.165) is 17.5 Å². The molecule has 1 N–H and O–H groups in total. The minimum atomic E-state index is -0.331. The largest absolute Gasteiger partial charge is 0.511 e. The molecule has 2 aliphatic rings. The van der Waals surface area contributed by atoms with Crippen LogP contribution in [0.4, 0.5) is 4.39 Å². The Bertz CT molecular complexity index is 1060. The molecule has 31 heavy (non-hydrogen) atoms. The standard InChI is InChI=1S/C25H25FN2O3/c1-16(29)28-11-10-18-4-2-3-5-21(18)23(28)15-27-14-22-24(30)12-19(13-25(22)31)17-6-8-20(26)9-7-17/h2-9,14,19,23,30H,10-13,15H2,1H3/t19?,23-/m0/s1. The number of halogens is 1. The third-order valence-corrected chi connectivity index (χ3v) is 6.14. The summed E-state index contributed by atoms with van der Waals surface area (Å²) < 4.78 is 13.2. The second kappa shape index (κ2) is 8.84. The Morgan fingerprint density at radius 1 is 1.19 bits per heavy atom. The number of hydrogen-bond donors (Lipinski definition) is 1. The molecule has 5 nitrogen and oxygen atoms in total. The number of carbonyl (C=O) groups excluding carboxylic acids is 2. The quantitative estimate of drug-likeness (QED) is 0.750. The minimum absolute atomic E-state index is 0.00166. The van der Waals surface area contributed by atoms with E-state index in [-0.39, 0.29) is 47.2 Å². The van der Waals surface area contributed by atoms with Gasteiger partial charge in [0.15, 0.2) is 5.78 Å². The lowest BCUT2D eigenvalue weighted by Gasteiger charge is -2.36. The number of ketones is 1. The predicted octanol–water partition coefficient (Wildman–Crippen LogP) is 4.30. The maximum absolute atomic E-state index is 13.2. The van der Waals surface area contributed by atoms with Crippen molar-refractivity contribution in [3.05, 3.63) is 82.4 Å². The Morgan fingerprint density at radius 3 is 2.65 bits per heavy atom. The van der Waals surface area contributed by atoms with E-state index in [1.54, 1.807) is 24.0 Å². The monoisotopic (exact) mass is 420 g/mol. The molecule has 0 saturated heterocycles. The van der Waals surface area contributed by atoms with Gasteiger partial charge in [0.1, 0.15) is 11.6 Å². The molecule has 0 radical (unpaired) electrons. The highest BCUT2D eigenvalue weighted by Crippen LogP contribution is 2.34. The van der Waals surface area contributed by atoms with Crippen molar-refractivity contribution >= 4 is 17.9 Å². The molecule has 160 valence electrons. The smallest absolute Gasteiger partial charge is 0.220 e. The Morgan fingerprint density at radius 2 is 1.94 bits per heavy atom. The molecular weight excluding hydrogens is 395 g/mol. The first-order valence-electron chi connectivity index (χ1n) is 10.5. The number of nitrogens with zero attached hydrogens (tertiary/aromatic N) is 2. The Balaban J connectivity index is 1.51. The topological polar surface area (TPSA) is 70.0 Å². The summed E-state index contributed by atoms with van der Waals surface area (Å²) in [6.07, 6.45) is 2.80. The van der Waals surface area contributed by atoms with Crippen LogP contribution in [0.3, 0.4) is 0 Å². The number of Topliss-reactive ketones (excluding diaryl/α,β-unsaturated/α-hetero) is 1. The number of allylic oxidation sites excluding steroid dienone is 2. The zero-order valence-corrected chi connectivity index (χ0v) is 17.4. The van der Waals surface area contributed by atoms with Crippen molar-refractivity contribution in [2.45, 2.75) is 38.1 Å². The van der Waals surface area contributed by atoms with Crippen LogP contribution >= 0.6 is 0 Å². The number of fused-ring (bicyclic) bond motifs is 1. The number of carbonyl (C=O) groups is 2. The van der Waals surface area contributed by atoms with Gasteiger partial charge in [0.25, 0.3) is 0 Å². The summed E-state index contributed by atoms with van der Waals surface area (Å²) in [4.78, 5) is 31.0. The van der Waals surface area contributed by atoms with Crippen LogP contribution in [-0.4, -0.2) is 41.0 Å². The van der Waals surface area contributed by atoms with Gasteiger partial charge in [-0.2, -0.15) is 0 Å². The molecule has 0 aromatic heterocycles. The molecule has 1 aliphatic carbocycles. The van der Waals surface area contributed by atoms with Crippen LogP contribution in [0.1, 0.15) is 48.4 Å². The van der Waals surface area contributed by atoms with Crippen LogP contribution in [0.2, 0.25) is 0 Å². The zero-order chi connectivity index (χ0) is 22.0. The van der Waals surface area contributed by atoms with Gasteiger partial charge >= 0.3 is 0 Å². The molecule has 0 fully saturated rings. The van der Waals surface area contributed by atoms with Crippen molar-refractivity contribution in [1.29, 1.82) is 0 Å². The van der Waals surface area contributed by atoms with E-state index in [4.69, 9.17) is 0 Å². The molecule has 1 unspecified atom stereocenters. The fourth-order valence-electron chi connectivity index (χ4n) is 4.50. The fourth-order valence-corrected chi connectivity index (χ4v) is 4.50. The SMILES string of the molecule is CC(=O)N1CCc2ccccc2[C@@H]1CN=CC1=C(O)CC(c2ccc(F)cc2)CC1=O. The number of aliphatic hydroxyl groups is 1. The average Bonchev–Trinajstić information content (AvgIpc) is 2.75. The summed E-state index contributed by atoms with van der Waals surface area (Å²) in [6.45, 7) is 2.51. The maximum Gasteiger partial charge on any atom is 0.220 e. The predicted molar refractivity (Wildman–Crippen MR) is 117 cm³/mol. The molecule has 0 saturated carbocycles. The number of aliphatic hydroxyl groups excluding tert-OH is 1. The normalized spacial score (nSPS) is 21.5. The molecule has 2 atom stereocenters. The molecule has 1 heterocycles. The van der Waals surface area contributed by atoms with Gasteiger partial charge in [-0.3, -0.25) is 14.6 Å². The van der Waals surface area contributed by atoms with Gasteiger partial charge < -0.3 is 10.0 Å². The van der Waals surface area contributed by atoms with Crippen LogP contribution in [0.5, 0.6) is 0 Å². The van der Waals surface area contributed by atoms with Crippen molar-refractivity contribution in [2.24, 2.45) is 4.99 Å². The average molecular weight is 420 g/mol. The molecule has 1 amide bonds. The van der Waals surface area contributed by atoms with Crippen molar-refractivity contribution in [3.8, 4) is 0 Å². The van der Waals surface area contributed by atoms with Crippen molar-refractivity contribution in [1.82, 2.24) is 4.90 Å². The fraction of sp³-hybridized carbons (Fsp3) is 0.320. The summed E-state index contributed by atoms with van der Waals surface area (Å²) in [5.41, 5.74) is 3.33. The summed E-state index contributed by atoms with van der Waals surface area (Å²) in [5, 5.41) is 10.5. The van der Waals surface area contributed by atoms with Gasteiger partial charge in [0.05, 0.1) is 18.2 Å². The van der Waals surface area contributed by atoms with E-state index in [1.807, 2.05) is 18.2 Å². The molecule has 4 rings (SSSR count). The number of aliphatic imine (C=N–C) groups is 1. The second-order valence-electron chi connectivity index (χ2n) is 8.11. The summed E-state index contributed by atoms with van der Waals surface area (Å²) in [5.74, 6) is -0.699. The van der Waals surface area contributed by atoms with Gasteiger partial charge in [0, 0.05) is 32.5 Å². The van der Waals surface area contributed by atoms with E-state index >= 15 is 0 Å². The van der Waals surface area contributed by atoms with Crippen LogP contribution < -0.4 is 0 Å². The molecule has 2 aromatic carbocycles. The van der Waals surface area contributed by atoms with E-state index in [2.05, 4.69) is 11.1 Å². The van der Waals surface area contributed by atoms with Gasteiger partial charge in [-0.25, -0.2) is 4.39 Å². The lowest BCUT2D eigenvalue weighted by molar-refractivity contribution is -0.131. The van der Waals surface area contributed by atoms with Crippen molar-refractivity contribution in [2.75, 3.05) is 13.1 Å². The lowest BCUT2D eigenvalue weighted by atomic mass is 9.83.